The highest BCUT2D eigenvalue weighted by atomic mass is 35.5. The number of hydrogen-bond acceptors (Lipinski definition) is 3. The van der Waals surface area contributed by atoms with Crippen LogP contribution in [-0.2, 0) is 7.05 Å². The number of benzene rings is 1. The standard InChI is InChI=1S/C12H15ClN4/c1-7(2)12-15-11(16-17(12)3)9-6-8(13)4-5-10(9)14/h4-7H,14H2,1-3H3. The van der Waals surface area contributed by atoms with Crippen LogP contribution in [0.4, 0.5) is 5.69 Å². The molecule has 2 N–H and O–H groups in total. The summed E-state index contributed by atoms with van der Waals surface area (Å²) in [5, 5.41) is 5.00. The van der Waals surface area contributed by atoms with Crippen LogP contribution in [0.15, 0.2) is 18.2 Å². The molecule has 0 aliphatic heterocycles. The van der Waals surface area contributed by atoms with E-state index in [0.29, 0.717) is 22.5 Å². The van der Waals surface area contributed by atoms with E-state index >= 15 is 0 Å². The van der Waals surface area contributed by atoms with Crippen molar-refractivity contribution in [2.45, 2.75) is 19.8 Å². The molecule has 4 nitrogen and oxygen atoms in total. The maximum Gasteiger partial charge on any atom is 0.183 e. The number of nitrogen functional groups attached to an aromatic ring is 1. The summed E-state index contributed by atoms with van der Waals surface area (Å²) in [6.45, 7) is 4.16. The molecule has 1 heterocycles. The van der Waals surface area contributed by atoms with Crippen LogP contribution in [-0.4, -0.2) is 14.8 Å². The van der Waals surface area contributed by atoms with Gasteiger partial charge in [-0.15, -0.1) is 0 Å². The predicted octanol–water partition coefficient (Wildman–Crippen LogP) is 2.84. The van der Waals surface area contributed by atoms with Crippen LogP contribution in [0.2, 0.25) is 5.02 Å². The lowest BCUT2D eigenvalue weighted by molar-refractivity contribution is 0.655. The number of halogens is 1. The van der Waals surface area contributed by atoms with Gasteiger partial charge in [0.25, 0.3) is 0 Å². The van der Waals surface area contributed by atoms with Gasteiger partial charge in [0, 0.05) is 29.2 Å². The Morgan fingerprint density at radius 3 is 2.65 bits per heavy atom. The van der Waals surface area contributed by atoms with Crippen LogP contribution in [0.25, 0.3) is 11.4 Å². The molecule has 5 heteroatoms. The Labute approximate surface area is 105 Å². The van der Waals surface area contributed by atoms with Gasteiger partial charge >= 0.3 is 0 Å². The summed E-state index contributed by atoms with van der Waals surface area (Å²) in [4.78, 5) is 4.49. The highest BCUT2D eigenvalue weighted by Crippen LogP contribution is 2.27. The monoisotopic (exact) mass is 250 g/mol. The van der Waals surface area contributed by atoms with E-state index in [-0.39, 0.29) is 0 Å². The molecule has 90 valence electrons. The Bertz CT molecular complexity index is 545. The second-order valence-electron chi connectivity index (χ2n) is 4.30. The first-order chi connectivity index (χ1) is 7.99. The van der Waals surface area contributed by atoms with Crippen LogP contribution in [0.3, 0.4) is 0 Å². The fourth-order valence-corrected chi connectivity index (χ4v) is 1.91. The molecule has 2 rings (SSSR count). The van der Waals surface area contributed by atoms with E-state index in [1.54, 1.807) is 22.9 Å². The summed E-state index contributed by atoms with van der Waals surface area (Å²) in [5.41, 5.74) is 7.32. The average molecular weight is 251 g/mol. The number of nitrogens with zero attached hydrogens (tertiary/aromatic N) is 3. The first kappa shape index (κ1) is 11.9. The molecule has 1 aromatic heterocycles. The van der Waals surface area contributed by atoms with E-state index < -0.39 is 0 Å². The Hall–Kier alpha value is -1.55. The van der Waals surface area contributed by atoms with Gasteiger partial charge in [-0.05, 0) is 18.2 Å². The van der Waals surface area contributed by atoms with Crippen molar-refractivity contribution < 1.29 is 0 Å². The van der Waals surface area contributed by atoms with Gasteiger partial charge in [0.15, 0.2) is 5.82 Å². The molecule has 0 fully saturated rings. The Morgan fingerprint density at radius 1 is 1.35 bits per heavy atom. The van der Waals surface area contributed by atoms with E-state index in [1.807, 2.05) is 7.05 Å². The Balaban J connectivity index is 2.53. The summed E-state index contributed by atoms with van der Waals surface area (Å²) in [7, 11) is 1.88. The lowest BCUT2D eigenvalue weighted by atomic mass is 10.1. The van der Waals surface area contributed by atoms with Crippen molar-refractivity contribution in [3.05, 3.63) is 29.0 Å². The van der Waals surface area contributed by atoms with Gasteiger partial charge in [-0.25, -0.2) is 4.98 Å². The van der Waals surface area contributed by atoms with Crippen molar-refractivity contribution in [2.75, 3.05) is 5.73 Å². The largest absolute Gasteiger partial charge is 0.398 e. The summed E-state index contributed by atoms with van der Waals surface area (Å²) in [6.07, 6.45) is 0. The molecular weight excluding hydrogens is 236 g/mol. The zero-order valence-corrected chi connectivity index (χ0v) is 10.9. The lowest BCUT2D eigenvalue weighted by Crippen LogP contribution is -2.00. The van der Waals surface area contributed by atoms with E-state index in [4.69, 9.17) is 17.3 Å². The molecule has 0 aliphatic rings. The summed E-state index contributed by atoms with van der Waals surface area (Å²) < 4.78 is 1.78. The summed E-state index contributed by atoms with van der Waals surface area (Å²) in [5.74, 6) is 1.87. The van der Waals surface area contributed by atoms with Crippen molar-refractivity contribution in [2.24, 2.45) is 7.05 Å². The van der Waals surface area contributed by atoms with E-state index in [9.17, 15) is 0 Å². The van der Waals surface area contributed by atoms with Gasteiger partial charge in [0.1, 0.15) is 5.82 Å². The highest BCUT2D eigenvalue weighted by molar-refractivity contribution is 6.31. The Kier molecular flexibility index (Phi) is 3.07. The third-order valence-corrected chi connectivity index (χ3v) is 2.80. The molecule has 0 aliphatic carbocycles. The maximum absolute atomic E-state index is 5.96. The van der Waals surface area contributed by atoms with Gasteiger partial charge in [0.05, 0.1) is 0 Å². The zero-order valence-electron chi connectivity index (χ0n) is 10.1. The van der Waals surface area contributed by atoms with Gasteiger partial charge in [-0.2, -0.15) is 5.10 Å². The maximum atomic E-state index is 5.96. The second kappa shape index (κ2) is 4.37. The van der Waals surface area contributed by atoms with Crippen LogP contribution >= 0.6 is 11.6 Å². The molecule has 0 spiro atoms. The number of anilines is 1. The van der Waals surface area contributed by atoms with Gasteiger partial charge in [-0.3, -0.25) is 4.68 Å². The zero-order chi connectivity index (χ0) is 12.6. The molecule has 0 bridgehead atoms. The molecule has 2 aromatic rings. The lowest BCUT2D eigenvalue weighted by Gasteiger charge is -2.01. The quantitative estimate of drug-likeness (QED) is 0.834. The van der Waals surface area contributed by atoms with Crippen LogP contribution < -0.4 is 5.73 Å². The van der Waals surface area contributed by atoms with Gasteiger partial charge in [-0.1, -0.05) is 25.4 Å². The first-order valence-corrected chi connectivity index (χ1v) is 5.83. The number of nitrogens with two attached hydrogens (primary N) is 1. The number of aryl methyl sites for hydroxylation is 1. The van der Waals surface area contributed by atoms with E-state index in [2.05, 4.69) is 23.9 Å². The minimum atomic E-state index is 0.321. The van der Waals surface area contributed by atoms with Gasteiger partial charge in [0.2, 0.25) is 0 Å². The molecule has 0 atom stereocenters. The predicted molar refractivity (Wildman–Crippen MR) is 70.0 cm³/mol. The first-order valence-electron chi connectivity index (χ1n) is 5.45. The SMILES string of the molecule is CC(C)c1nc(-c2cc(Cl)ccc2N)nn1C. The van der Waals surface area contributed by atoms with Crippen molar-refractivity contribution in [1.29, 1.82) is 0 Å². The van der Waals surface area contributed by atoms with Crippen molar-refractivity contribution in [3.8, 4) is 11.4 Å². The molecule has 1 aromatic carbocycles. The molecule has 0 amide bonds. The smallest absolute Gasteiger partial charge is 0.183 e. The normalized spacial score (nSPS) is 11.1. The average Bonchev–Trinajstić information content (AvgIpc) is 2.64. The minimum Gasteiger partial charge on any atom is -0.398 e. The molecule has 0 unspecified atom stereocenters. The van der Waals surface area contributed by atoms with Crippen molar-refractivity contribution in [3.63, 3.8) is 0 Å². The molecule has 0 saturated carbocycles. The number of rotatable bonds is 2. The topological polar surface area (TPSA) is 56.7 Å². The third-order valence-electron chi connectivity index (χ3n) is 2.57. The van der Waals surface area contributed by atoms with Gasteiger partial charge < -0.3 is 5.73 Å². The van der Waals surface area contributed by atoms with Crippen molar-refractivity contribution in [1.82, 2.24) is 14.8 Å². The fourth-order valence-electron chi connectivity index (χ4n) is 1.74. The molecule has 17 heavy (non-hydrogen) atoms. The number of aromatic nitrogens is 3. The fraction of sp³-hybridized carbons (Fsp3) is 0.333. The molecular formula is C12H15ClN4. The number of hydrogen-bond donors (Lipinski definition) is 1. The summed E-state index contributed by atoms with van der Waals surface area (Å²) in [6, 6.07) is 5.31. The van der Waals surface area contributed by atoms with E-state index in [1.165, 1.54) is 0 Å². The van der Waals surface area contributed by atoms with E-state index in [0.717, 1.165) is 11.4 Å². The third kappa shape index (κ3) is 2.26. The van der Waals surface area contributed by atoms with Crippen LogP contribution in [0.1, 0.15) is 25.6 Å². The highest BCUT2D eigenvalue weighted by Gasteiger charge is 2.14. The van der Waals surface area contributed by atoms with Crippen LogP contribution in [0, 0.1) is 0 Å². The van der Waals surface area contributed by atoms with Crippen molar-refractivity contribution >= 4 is 17.3 Å². The molecule has 0 radical (unpaired) electrons. The van der Waals surface area contributed by atoms with Crippen LogP contribution in [0.5, 0.6) is 0 Å². The minimum absolute atomic E-state index is 0.321. The second-order valence-corrected chi connectivity index (χ2v) is 4.74. The summed E-state index contributed by atoms with van der Waals surface area (Å²) >= 11 is 5.96. The molecule has 0 saturated heterocycles. The Morgan fingerprint density at radius 2 is 2.06 bits per heavy atom.